The second kappa shape index (κ2) is 6.43. The van der Waals surface area contributed by atoms with Crippen molar-refractivity contribution in [1.82, 2.24) is 9.97 Å². The van der Waals surface area contributed by atoms with Gasteiger partial charge in [-0.3, -0.25) is 0 Å². The molecule has 0 aliphatic rings. The maximum atomic E-state index is 5.55. The fourth-order valence-corrected chi connectivity index (χ4v) is 1.58. The Morgan fingerprint density at radius 3 is 2.75 bits per heavy atom. The van der Waals surface area contributed by atoms with Crippen LogP contribution in [0, 0.1) is 12.8 Å². The van der Waals surface area contributed by atoms with Crippen molar-refractivity contribution in [2.75, 3.05) is 24.5 Å². The van der Waals surface area contributed by atoms with Gasteiger partial charge >= 0.3 is 0 Å². The van der Waals surface area contributed by atoms with Crippen LogP contribution in [-0.4, -0.2) is 29.6 Å². The smallest absolute Gasteiger partial charge is 0.225 e. The molecule has 90 valence electrons. The van der Waals surface area contributed by atoms with E-state index in [1.54, 1.807) is 0 Å². The zero-order valence-corrected chi connectivity index (χ0v) is 10.5. The number of hydrogen-bond acceptors (Lipinski definition) is 4. The maximum absolute atomic E-state index is 5.55. The summed E-state index contributed by atoms with van der Waals surface area (Å²) in [5.41, 5.74) is 6.55. The third-order valence-corrected chi connectivity index (χ3v) is 2.28. The van der Waals surface area contributed by atoms with Crippen molar-refractivity contribution in [3.8, 4) is 0 Å². The minimum absolute atomic E-state index is 0.599. The Kier molecular flexibility index (Phi) is 5.19. The molecule has 0 amide bonds. The second-order valence-corrected chi connectivity index (χ2v) is 4.48. The summed E-state index contributed by atoms with van der Waals surface area (Å²) in [5, 5.41) is 0. The lowest BCUT2D eigenvalue weighted by molar-refractivity contribution is 0.590. The van der Waals surface area contributed by atoms with Crippen LogP contribution < -0.4 is 10.6 Å². The molecule has 0 bridgehead atoms. The number of aryl methyl sites for hydroxylation is 1. The predicted molar refractivity (Wildman–Crippen MR) is 67.5 cm³/mol. The van der Waals surface area contributed by atoms with E-state index in [1.165, 1.54) is 0 Å². The first-order chi connectivity index (χ1) is 7.63. The van der Waals surface area contributed by atoms with Gasteiger partial charge in [0.25, 0.3) is 0 Å². The number of hydrogen-bond donors (Lipinski definition) is 1. The molecule has 16 heavy (non-hydrogen) atoms. The molecule has 0 atom stereocenters. The van der Waals surface area contributed by atoms with E-state index in [4.69, 9.17) is 5.73 Å². The molecule has 0 spiro atoms. The molecule has 4 nitrogen and oxygen atoms in total. The molecule has 0 aromatic carbocycles. The highest BCUT2D eigenvalue weighted by atomic mass is 15.2. The Hall–Kier alpha value is -1.16. The molecule has 0 radical (unpaired) electrons. The zero-order valence-electron chi connectivity index (χ0n) is 10.5. The summed E-state index contributed by atoms with van der Waals surface area (Å²) in [7, 11) is 0. The third kappa shape index (κ3) is 4.14. The van der Waals surface area contributed by atoms with E-state index in [0.717, 1.165) is 31.2 Å². The van der Waals surface area contributed by atoms with Crippen LogP contribution >= 0.6 is 0 Å². The molecule has 1 aromatic heterocycles. The number of nitrogens with zero attached hydrogens (tertiary/aromatic N) is 3. The van der Waals surface area contributed by atoms with Gasteiger partial charge in [0, 0.05) is 25.0 Å². The van der Waals surface area contributed by atoms with Crippen LogP contribution in [0.2, 0.25) is 0 Å². The summed E-state index contributed by atoms with van der Waals surface area (Å²) in [6.45, 7) is 9.00. The number of anilines is 1. The normalized spacial score (nSPS) is 10.8. The van der Waals surface area contributed by atoms with Crippen molar-refractivity contribution < 1.29 is 0 Å². The Balaban J connectivity index is 2.74. The van der Waals surface area contributed by atoms with Gasteiger partial charge < -0.3 is 10.6 Å². The number of aromatic nitrogens is 2. The van der Waals surface area contributed by atoms with E-state index in [2.05, 4.69) is 28.7 Å². The fourth-order valence-electron chi connectivity index (χ4n) is 1.58. The molecular formula is C12H22N4. The lowest BCUT2D eigenvalue weighted by atomic mass is 10.2. The Morgan fingerprint density at radius 1 is 1.44 bits per heavy atom. The predicted octanol–water partition coefficient (Wildman–Crippen LogP) is 1.60. The summed E-state index contributed by atoms with van der Waals surface area (Å²) in [5.74, 6) is 1.42. The molecule has 0 saturated carbocycles. The van der Waals surface area contributed by atoms with Crippen molar-refractivity contribution in [2.24, 2.45) is 11.7 Å². The Labute approximate surface area is 97.9 Å². The Morgan fingerprint density at radius 2 is 2.19 bits per heavy atom. The molecule has 1 heterocycles. The van der Waals surface area contributed by atoms with Crippen molar-refractivity contribution >= 4 is 5.95 Å². The highest BCUT2D eigenvalue weighted by Gasteiger charge is 2.10. The minimum Gasteiger partial charge on any atom is -0.341 e. The van der Waals surface area contributed by atoms with E-state index < -0.39 is 0 Å². The highest BCUT2D eigenvalue weighted by molar-refractivity contribution is 5.29. The minimum atomic E-state index is 0.599. The van der Waals surface area contributed by atoms with Gasteiger partial charge in [0.1, 0.15) is 0 Å². The van der Waals surface area contributed by atoms with Gasteiger partial charge in [0.05, 0.1) is 0 Å². The topological polar surface area (TPSA) is 55.0 Å². The highest BCUT2D eigenvalue weighted by Crippen LogP contribution is 2.10. The average molecular weight is 222 g/mol. The van der Waals surface area contributed by atoms with Crippen LogP contribution in [0.4, 0.5) is 5.95 Å². The summed E-state index contributed by atoms with van der Waals surface area (Å²) >= 11 is 0. The summed E-state index contributed by atoms with van der Waals surface area (Å²) in [6.07, 6.45) is 2.79. The van der Waals surface area contributed by atoms with Gasteiger partial charge in [-0.25, -0.2) is 9.97 Å². The standard InChI is InChI=1S/C12H22N4/c1-10(2)9-16(8-4-6-13)12-14-7-5-11(3)15-12/h5,7,10H,4,6,8-9,13H2,1-3H3. The van der Waals surface area contributed by atoms with Crippen molar-refractivity contribution in [3.05, 3.63) is 18.0 Å². The van der Waals surface area contributed by atoms with Crippen LogP contribution in [0.5, 0.6) is 0 Å². The first kappa shape index (κ1) is 12.9. The first-order valence-corrected chi connectivity index (χ1v) is 5.88. The SMILES string of the molecule is Cc1ccnc(N(CCCN)CC(C)C)n1. The summed E-state index contributed by atoms with van der Waals surface area (Å²) in [4.78, 5) is 11.0. The Bertz CT molecular complexity index is 312. The van der Waals surface area contributed by atoms with E-state index in [0.29, 0.717) is 12.5 Å². The van der Waals surface area contributed by atoms with Crippen LogP contribution in [0.15, 0.2) is 12.3 Å². The van der Waals surface area contributed by atoms with Gasteiger partial charge in [-0.1, -0.05) is 13.8 Å². The first-order valence-electron chi connectivity index (χ1n) is 5.88. The van der Waals surface area contributed by atoms with Gasteiger partial charge in [-0.05, 0) is 31.9 Å². The molecule has 0 fully saturated rings. The van der Waals surface area contributed by atoms with Crippen molar-refractivity contribution in [2.45, 2.75) is 27.2 Å². The van der Waals surface area contributed by atoms with E-state index in [1.807, 2.05) is 19.2 Å². The third-order valence-electron chi connectivity index (χ3n) is 2.28. The van der Waals surface area contributed by atoms with E-state index >= 15 is 0 Å². The molecule has 1 aromatic rings. The van der Waals surface area contributed by atoms with Crippen molar-refractivity contribution in [1.29, 1.82) is 0 Å². The molecule has 0 aliphatic carbocycles. The van der Waals surface area contributed by atoms with E-state index in [9.17, 15) is 0 Å². The molecule has 2 N–H and O–H groups in total. The van der Waals surface area contributed by atoms with Crippen LogP contribution in [0.3, 0.4) is 0 Å². The summed E-state index contributed by atoms with van der Waals surface area (Å²) in [6, 6.07) is 1.92. The van der Waals surface area contributed by atoms with Crippen LogP contribution in [0.25, 0.3) is 0 Å². The van der Waals surface area contributed by atoms with Gasteiger partial charge in [0.15, 0.2) is 0 Å². The monoisotopic (exact) mass is 222 g/mol. The largest absolute Gasteiger partial charge is 0.341 e. The average Bonchev–Trinajstić information content (AvgIpc) is 2.23. The molecule has 0 aliphatic heterocycles. The lowest BCUT2D eigenvalue weighted by Crippen LogP contribution is -2.31. The van der Waals surface area contributed by atoms with E-state index in [-0.39, 0.29) is 0 Å². The fraction of sp³-hybridized carbons (Fsp3) is 0.667. The molecule has 0 saturated heterocycles. The quantitative estimate of drug-likeness (QED) is 0.794. The van der Waals surface area contributed by atoms with Gasteiger partial charge in [-0.15, -0.1) is 0 Å². The lowest BCUT2D eigenvalue weighted by Gasteiger charge is -2.24. The molecule has 0 unspecified atom stereocenters. The zero-order chi connectivity index (χ0) is 12.0. The second-order valence-electron chi connectivity index (χ2n) is 4.48. The van der Waals surface area contributed by atoms with Gasteiger partial charge in [0.2, 0.25) is 5.95 Å². The maximum Gasteiger partial charge on any atom is 0.225 e. The number of nitrogens with two attached hydrogens (primary N) is 1. The number of rotatable bonds is 6. The van der Waals surface area contributed by atoms with Crippen LogP contribution in [-0.2, 0) is 0 Å². The molecule has 1 rings (SSSR count). The molecule has 4 heteroatoms. The summed E-state index contributed by atoms with van der Waals surface area (Å²) < 4.78 is 0. The molecular weight excluding hydrogens is 200 g/mol. The van der Waals surface area contributed by atoms with Crippen molar-refractivity contribution in [3.63, 3.8) is 0 Å². The van der Waals surface area contributed by atoms with Gasteiger partial charge in [-0.2, -0.15) is 0 Å². The van der Waals surface area contributed by atoms with Crippen LogP contribution in [0.1, 0.15) is 26.0 Å².